The second-order valence-electron chi connectivity index (χ2n) is 9.50. The Morgan fingerprint density at radius 1 is 0.976 bits per heavy atom. The first-order valence-electron chi connectivity index (χ1n) is 13.3. The molecule has 0 saturated carbocycles. The SMILES string of the molecule is CCOc1ccc(N(CC(=O)N(Cc2ccccc2Cl)[C@H](C)C(=O)N[C@@H](C)CC)S(=O)(=O)c2ccc(Br)cc2)cc1. The van der Waals surface area contributed by atoms with Crippen molar-refractivity contribution in [3.63, 3.8) is 0 Å². The Bertz CT molecular complexity index is 1440. The molecule has 1 N–H and O–H groups in total. The molecule has 0 spiro atoms. The maximum Gasteiger partial charge on any atom is 0.264 e. The first-order valence-corrected chi connectivity index (χ1v) is 15.9. The highest BCUT2D eigenvalue weighted by atomic mass is 79.9. The third kappa shape index (κ3) is 8.47. The third-order valence-corrected chi connectivity index (χ3v) is 9.27. The number of amides is 2. The Morgan fingerprint density at radius 3 is 2.20 bits per heavy atom. The van der Waals surface area contributed by atoms with Crippen molar-refractivity contribution in [1.29, 1.82) is 0 Å². The van der Waals surface area contributed by atoms with Crippen molar-refractivity contribution in [2.24, 2.45) is 0 Å². The van der Waals surface area contributed by atoms with Crippen LogP contribution in [-0.4, -0.2) is 50.4 Å². The predicted octanol–water partition coefficient (Wildman–Crippen LogP) is 6.03. The van der Waals surface area contributed by atoms with Gasteiger partial charge < -0.3 is 15.0 Å². The van der Waals surface area contributed by atoms with Gasteiger partial charge in [-0.25, -0.2) is 8.42 Å². The molecular formula is C30H35BrClN3O5S. The van der Waals surface area contributed by atoms with E-state index in [0.29, 0.717) is 33.8 Å². The molecule has 0 heterocycles. The minimum atomic E-state index is -4.18. The van der Waals surface area contributed by atoms with Crippen molar-refractivity contribution in [2.45, 2.75) is 57.6 Å². The van der Waals surface area contributed by atoms with Gasteiger partial charge in [-0.2, -0.15) is 0 Å². The summed E-state index contributed by atoms with van der Waals surface area (Å²) < 4.78 is 35.1. The van der Waals surface area contributed by atoms with Gasteiger partial charge in [0.25, 0.3) is 10.0 Å². The number of halogens is 2. The van der Waals surface area contributed by atoms with E-state index in [1.54, 1.807) is 67.6 Å². The molecule has 0 unspecified atom stereocenters. The van der Waals surface area contributed by atoms with E-state index < -0.39 is 28.5 Å². The predicted molar refractivity (Wildman–Crippen MR) is 166 cm³/mol. The average Bonchev–Trinajstić information content (AvgIpc) is 2.95. The molecule has 0 radical (unpaired) electrons. The van der Waals surface area contributed by atoms with Crippen LogP contribution in [0.25, 0.3) is 0 Å². The van der Waals surface area contributed by atoms with Gasteiger partial charge in [0.1, 0.15) is 18.3 Å². The summed E-state index contributed by atoms with van der Waals surface area (Å²) in [6.07, 6.45) is 0.716. The van der Waals surface area contributed by atoms with Gasteiger partial charge in [0.15, 0.2) is 0 Å². The number of carbonyl (C=O) groups is 2. The molecule has 2 amide bonds. The fourth-order valence-electron chi connectivity index (χ4n) is 4.00. The quantitative estimate of drug-likeness (QED) is 0.241. The van der Waals surface area contributed by atoms with Gasteiger partial charge in [-0.1, -0.05) is 52.7 Å². The molecule has 3 aromatic carbocycles. The van der Waals surface area contributed by atoms with Crippen LogP contribution >= 0.6 is 27.5 Å². The van der Waals surface area contributed by atoms with E-state index in [-0.39, 0.29) is 29.1 Å². The van der Waals surface area contributed by atoms with Gasteiger partial charge in [0.05, 0.1) is 17.2 Å². The van der Waals surface area contributed by atoms with Crippen LogP contribution in [0.1, 0.15) is 39.7 Å². The third-order valence-electron chi connectivity index (χ3n) is 6.58. The molecule has 3 rings (SSSR count). The number of benzene rings is 3. The first-order chi connectivity index (χ1) is 19.5. The lowest BCUT2D eigenvalue weighted by atomic mass is 10.1. The first kappa shape index (κ1) is 32.4. The van der Waals surface area contributed by atoms with Crippen molar-refractivity contribution >= 4 is 55.1 Å². The summed E-state index contributed by atoms with van der Waals surface area (Å²) in [5.74, 6) is -0.339. The number of anilines is 1. The number of hydrogen-bond acceptors (Lipinski definition) is 5. The smallest absolute Gasteiger partial charge is 0.264 e. The number of nitrogens with zero attached hydrogens (tertiary/aromatic N) is 2. The fraction of sp³-hybridized carbons (Fsp3) is 0.333. The maximum atomic E-state index is 14.0. The zero-order valence-electron chi connectivity index (χ0n) is 23.5. The van der Waals surface area contributed by atoms with Gasteiger partial charge in [-0.05, 0) is 87.4 Å². The van der Waals surface area contributed by atoms with Gasteiger partial charge in [-0.15, -0.1) is 0 Å². The molecule has 0 aliphatic rings. The summed E-state index contributed by atoms with van der Waals surface area (Å²) in [6.45, 7) is 7.22. The minimum absolute atomic E-state index is 0.0163. The van der Waals surface area contributed by atoms with Crippen LogP contribution in [0.4, 0.5) is 5.69 Å². The summed E-state index contributed by atoms with van der Waals surface area (Å²) in [4.78, 5) is 28.5. The summed E-state index contributed by atoms with van der Waals surface area (Å²) in [6, 6.07) is 18.7. The topological polar surface area (TPSA) is 96.0 Å². The van der Waals surface area contributed by atoms with Crippen molar-refractivity contribution in [3.8, 4) is 5.75 Å². The lowest BCUT2D eigenvalue weighted by molar-refractivity contribution is -0.139. The Balaban J connectivity index is 2.04. The second kappa shape index (κ2) is 14.7. The molecule has 3 aromatic rings. The van der Waals surface area contributed by atoms with Crippen LogP contribution in [0, 0.1) is 0 Å². The molecule has 0 aromatic heterocycles. The number of nitrogens with one attached hydrogen (secondary N) is 1. The van der Waals surface area contributed by atoms with Crippen LogP contribution in [0.2, 0.25) is 5.02 Å². The lowest BCUT2D eigenvalue weighted by Gasteiger charge is -2.32. The summed E-state index contributed by atoms with van der Waals surface area (Å²) in [7, 11) is -4.18. The molecule has 0 aliphatic heterocycles. The molecule has 11 heteroatoms. The molecule has 0 fully saturated rings. The largest absolute Gasteiger partial charge is 0.494 e. The number of hydrogen-bond donors (Lipinski definition) is 1. The van der Waals surface area contributed by atoms with Crippen LogP contribution in [0.5, 0.6) is 5.75 Å². The van der Waals surface area contributed by atoms with Gasteiger partial charge in [0, 0.05) is 22.1 Å². The maximum absolute atomic E-state index is 14.0. The van der Waals surface area contributed by atoms with Crippen molar-refractivity contribution in [2.75, 3.05) is 17.5 Å². The standard InChI is InChI=1S/C30H35BrClN3O5S/c1-5-21(3)33-30(37)22(4)34(19-23-9-7-8-10-28(23)32)29(36)20-35(25-13-15-26(16-14-25)40-6-2)41(38,39)27-17-11-24(31)12-18-27/h7-18,21-22H,5-6,19-20H2,1-4H3,(H,33,37)/t21-,22+/m0/s1. The summed E-state index contributed by atoms with van der Waals surface area (Å²) in [5, 5.41) is 3.35. The molecule has 0 aliphatic carbocycles. The molecule has 0 saturated heterocycles. The molecule has 220 valence electrons. The molecule has 8 nitrogen and oxygen atoms in total. The van der Waals surface area contributed by atoms with Gasteiger partial charge >= 0.3 is 0 Å². The molecule has 41 heavy (non-hydrogen) atoms. The number of sulfonamides is 1. The number of carbonyl (C=O) groups excluding carboxylic acids is 2. The Kier molecular flexibility index (Phi) is 11.6. The monoisotopic (exact) mass is 663 g/mol. The van der Waals surface area contributed by atoms with E-state index in [0.717, 1.165) is 4.31 Å². The van der Waals surface area contributed by atoms with E-state index in [1.165, 1.54) is 17.0 Å². The second-order valence-corrected chi connectivity index (χ2v) is 12.7. The van der Waals surface area contributed by atoms with E-state index in [4.69, 9.17) is 16.3 Å². The van der Waals surface area contributed by atoms with Crippen LogP contribution in [0.3, 0.4) is 0 Å². The Labute approximate surface area is 255 Å². The van der Waals surface area contributed by atoms with Crippen molar-refractivity contribution in [1.82, 2.24) is 10.2 Å². The highest BCUT2D eigenvalue weighted by Gasteiger charge is 2.33. The lowest BCUT2D eigenvalue weighted by Crippen LogP contribution is -2.52. The molecular weight excluding hydrogens is 630 g/mol. The fourth-order valence-corrected chi connectivity index (χ4v) is 5.87. The highest BCUT2D eigenvalue weighted by Crippen LogP contribution is 2.28. The van der Waals surface area contributed by atoms with Gasteiger partial charge in [0.2, 0.25) is 11.8 Å². The molecule has 2 atom stereocenters. The average molecular weight is 665 g/mol. The Hall–Kier alpha value is -3.08. The van der Waals surface area contributed by atoms with Gasteiger partial charge in [-0.3, -0.25) is 13.9 Å². The van der Waals surface area contributed by atoms with Crippen LogP contribution in [0.15, 0.2) is 82.2 Å². The van der Waals surface area contributed by atoms with Crippen LogP contribution in [-0.2, 0) is 26.2 Å². The highest BCUT2D eigenvalue weighted by molar-refractivity contribution is 9.10. The van der Waals surface area contributed by atoms with E-state index in [1.807, 2.05) is 20.8 Å². The number of rotatable bonds is 13. The molecule has 0 bridgehead atoms. The van der Waals surface area contributed by atoms with E-state index in [9.17, 15) is 18.0 Å². The Morgan fingerprint density at radius 2 is 1.61 bits per heavy atom. The zero-order valence-corrected chi connectivity index (χ0v) is 26.7. The van der Waals surface area contributed by atoms with Crippen LogP contribution < -0.4 is 14.4 Å². The van der Waals surface area contributed by atoms with Crippen molar-refractivity contribution in [3.05, 3.63) is 87.9 Å². The minimum Gasteiger partial charge on any atom is -0.494 e. The zero-order chi connectivity index (χ0) is 30.2. The number of ether oxygens (including phenoxy) is 1. The van der Waals surface area contributed by atoms with Crippen molar-refractivity contribution < 1.29 is 22.7 Å². The summed E-state index contributed by atoms with van der Waals surface area (Å²) >= 11 is 9.74. The normalized spacial score (nSPS) is 12.7. The summed E-state index contributed by atoms with van der Waals surface area (Å²) in [5.41, 5.74) is 0.910. The van der Waals surface area contributed by atoms with E-state index in [2.05, 4.69) is 21.2 Å². The van der Waals surface area contributed by atoms with E-state index >= 15 is 0 Å².